The van der Waals surface area contributed by atoms with Crippen LogP contribution in [0.25, 0.3) is 5.69 Å². The van der Waals surface area contributed by atoms with Crippen molar-refractivity contribution in [3.05, 3.63) is 80.6 Å². The third-order valence-electron chi connectivity index (χ3n) is 4.43. The number of thioether (sulfide) groups is 1. The summed E-state index contributed by atoms with van der Waals surface area (Å²) in [5, 5.41) is 5.96. The van der Waals surface area contributed by atoms with Crippen molar-refractivity contribution in [2.24, 2.45) is 5.10 Å². The third-order valence-corrected chi connectivity index (χ3v) is 6.23. The van der Waals surface area contributed by atoms with Gasteiger partial charge in [-0.2, -0.15) is 5.10 Å². The first kappa shape index (κ1) is 22.8. The van der Waals surface area contributed by atoms with Gasteiger partial charge < -0.3 is 4.57 Å². The van der Waals surface area contributed by atoms with Crippen LogP contribution in [0.15, 0.2) is 58.5 Å². The van der Waals surface area contributed by atoms with Crippen LogP contribution in [0.2, 0.25) is 15.1 Å². The number of rotatable bonds is 7. The van der Waals surface area contributed by atoms with Gasteiger partial charge >= 0.3 is 0 Å². The molecule has 0 saturated carbocycles. The molecule has 0 aliphatic rings. The number of nitrogens with zero attached hydrogens (tertiary/aromatic N) is 2. The van der Waals surface area contributed by atoms with E-state index >= 15 is 0 Å². The Balaban J connectivity index is 1.58. The molecule has 4 nitrogen and oxygen atoms in total. The Morgan fingerprint density at radius 1 is 1.07 bits per heavy atom. The lowest BCUT2D eigenvalue weighted by atomic mass is 10.2. The number of aryl methyl sites for hydroxylation is 1. The van der Waals surface area contributed by atoms with Crippen molar-refractivity contribution >= 4 is 58.7 Å². The Morgan fingerprint density at radius 2 is 1.77 bits per heavy atom. The summed E-state index contributed by atoms with van der Waals surface area (Å²) >= 11 is 19.8. The zero-order valence-corrected chi connectivity index (χ0v) is 19.5. The highest BCUT2D eigenvalue weighted by molar-refractivity contribution is 7.99. The Morgan fingerprint density at radius 3 is 2.47 bits per heavy atom. The highest BCUT2D eigenvalue weighted by Crippen LogP contribution is 2.28. The summed E-state index contributed by atoms with van der Waals surface area (Å²) in [7, 11) is 0. The number of benzene rings is 2. The van der Waals surface area contributed by atoms with Gasteiger partial charge in [0.15, 0.2) is 0 Å². The maximum absolute atomic E-state index is 12.0. The minimum atomic E-state index is -0.137. The van der Waals surface area contributed by atoms with E-state index in [9.17, 15) is 4.79 Å². The number of halogens is 3. The first-order chi connectivity index (χ1) is 14.3. The molecule has 8 heteroatoms. The SMILES string of the molecule is Cc1cc(/C=N\NC(=O)CCSc2ccc(Cl)cc2)c(C)n1-c1ccc(Cl)cc1Cl. The summed E-state index contributed by atoms with van der Waals surface area (Å²) in [5.41, 5.74) is 6.30. The number of carbonyl (C=O) groups is 1. The van der Waals surface area contributed by atoms with Gasteiger partial charge in [0.25, 0.3) is 0 Å². The molecule has 0 fully saturated rings. The van der Waals surface area contributed by atoms with E-state index in [4.69, 9.17) is 34.8 Å². The number of carbonyl (C=O) groups excluding carboxylic acids is 1. The molecule has 0 saturated heterocycles. The van der Waals surface area contributed by atoms with Gasteiger partial charge in [0.1, 0.15) is 0 Å². The molecule has 0 spiro atoms. The standard InChI is InChI=1S/C22H20Cl3N3OS/c1-14-11-16(15(2)28(14)21-8-5-18(24)12-20(21)25)13-26-27-22(29)9-10-30-19-6-3-17(23)4-7-19/h3-8,11-13H,9-10H2,1-2H3,(H,27,29)/b26-13-. The summed E-state index contributed by atoms with van der Waals surface area (Å²) in [5.74, 6) is 0.523. The number of hydrazone groups is 1. The summed E-state index contributed by atoms with van der Waals surface area (Å²) < 4.78 is 2.03. The van der Waals surface area contributed by atoms with E-state index in [1.165, 1.54) is 0 Å². The van der Waals surface area contributed by atoms with E-state index in [-0.39, 0.29) is 5.91 Å². The van der Waals surface area contributed by atoms with Gasteiger partial charge in [0, 0.05) is 44.1 Å². The normalized spacial score (nSPS) is 11.2. The quantitative estimate of drug-likeness (QED) is 0.233. The molecular formula is C22H20Cl3N3OS. The minimum Gasteiger partial charge on any atom is -0.316 e. The number of amides is 1. The molecule has 0 aliphatic heterocycles. The summed E-state index contributed by atoms with van der Waals surface area (Å²) in [6.45, 7) is 3.96. The van der Waals surface area contributed by atoms with Gasteiger partial charge in [0.05, 0.1) is 16.9 Å². The molecular weight excluding hydrogens is 461 g/mol. The van der Waals surface area contributed by atoms with Crippen LogP contribution in [-0.2, 0) is 4.79 Å². The smallest absolute Gasteiger partial charge is 0.240 e. The molecule has 3 aromatic rings. The first-order valence-electron chi connectivity index (χ1n) is 9.20. The zero-order valence-electron chi connectivity index (χ0n) is 16.5. The maximum atomic E-state index is 12.0. The van der Waals surface area contributed by atoms with E-state index in [1.807, 2.05) is 54.8 Å². The van der Waals surface area contributed by atoms with Gasteiger partial charge in [-0.05, 0) is 62.4 Å². The molecule has 0 aliphatic carbocycles. The second-order valence-electron chi connectivity index (χ2n) is 6.60. The average molecular weight is 481 g/mol. The van der Waals surface area contributed by atoms with Crippen molar-refractivity contribution in [1.82, 2.24) is 9.99 Å². The topological polar surface area (TPSA) is 46.4 Å². The Labute approximate surface area is 195 Å². The highest BCUT2D eigenvalue weighted by Gasteiger charge is 2.12. The van der Waals surface area contributed by atoms with E-state index in [1.54, 1.807) is 30.1 Å². The summed E-state index contributed by atoms with van der Waals surface area (Å²) in [4.78, 5) is 13.1. The van der Waals surface area contributed by atoms with E-state index in [2.05, 4.69) is 10.5 Å². The van der Waals surface area contributed by atoms with Crippen LogP contribution in [0.5, 0.6) is 0 Å². The van der Waals surface area contributed by atoms with Gasteiger partial charge in [-0.1, -0.05) is 34.8 Å². The second-order valence-corrected chi connectivity index (χ2v) is 9.05. The highest BCUT2D eigenvalue weighted by atomic mass is 35.5. The lowest BCUT2D eigenvalue weighted by Gasteiger charge is -2.11. The fraction of sp³-hybridized carbons (Fsp3) is 0.182. The van der Waals surface area contributed by atoms with Gasteiger partial charge in [-0.15, -0.1) is 11.8 Å². The van der Waals surface area contributed by atoms with Crippen LogP contribution in [0.4, 0.5) is 0 Å². The van der Waals surface area contributed by atoms with Crippen molar-refractivity contribution in [3.63, 3.8) is 0 Å². The lowest BCUT2D eigenvalue weighted by molar-refractivity contribution is -0.120. The molecule has 156 valence electrons. The molecule has 1 N–H and O–H groups in total. The molecule has 1 amide bonds. The van der Waals surface area contributed by atoms with Crippen LogP contribution in [0, 0.1) is 13.8 Å². The molecule has 1 aromatic heterocycles. The van der Waals surface area contributed by atoms with Gasteiger partial charge in [-0.3, -0.25) is 4.79 Å². The summed E-state index contributed by atoms with van der Waals surface area (Å²) in [6.07, 6.45) is 2.01. The molecule has 2 aromatic carbocycles. The average Bonchev–Trinajstić information content (AvgIpc) is 2.97. The van der Waals surface area contributed by atoms with E-state index in [0.717, 1.165) is 27.5 Å². The molecule has 30 heavy (non-hydrogen) atoms. The van der Waals surface area contributed by atoms with Crippen molar-refractivity contribution in [2.75, 3.05) is 5.75 Å². The molecule has 0 unspecified atom stereocenters. The third kappa shape index (κ3) is 5.82. The number of hydrogen-bond acceptors (Lipinski definition) is 3. The van der Waals surface area contributed by atoms with Crippen LogP contribution in [0.1, 0.15) is 23.4 Å². The Bertz CT molecular complexity index is 1080. The van der Waals surface area contributed by atoms with Crippen molar-refractivity contribution < 1.29 is 4.79 Å². The van der Waals surface area contributed by atoms with Gasteiger partial charge in [0.2, 0.25) is 5.91 Å². The molecule has 3 rings (SSSR count). The maximum Gasteiger partial charge on any atom is 0.240 e. The van der Waals surface area contributed by atoms with Gasteiger partial charge in [-0.25, -0.2) is 5.43 Å². The van der Waals surface area contributed by atoms with Crippen molar-refractivity contribution in [3.8, 4) is 5.69 Å². The van der Waals surface area contributed by atoms with Crippen LogP contribution >= 0.6 is 46.6 Å². The van der Waals surface area contributed by atoms with Crippen LogP contribution < -0.4 is 5.43 Å². The predicted octanol–water partition coefficient (Wildman–Crippen LogP) is 6.69. The van der Waals surface area contributed by atoms with Crippen LogP contribution in [-0.4, -0.2) is 22.4 Å². The summed E-state index contributed by atoms with van der Waals surface area (Å²) in [6, 6.07) is 14.9. The van der Waals surface area contributed by atoms with Crippen molar-refractivity contribution in [2.45, 2.75) is 25.2 Å². The Hall–Kier alpha value is -1.92. The first-order valence-corrected chi connectivity index (χ1v) is 11.3. The number of hydrogen-bond donors (Lipinski definition) is 1. The molecule has 1 heterocycles. The Kier molecular flexibility index (Phi) is 7.89. The predicted molar refractivity (Wildman–Crippen MR) is 128 cm³/mol. The minimum absolute atomic E-state index is 0.137. The number of aromatic nitrogens is 1. The fourth-order valence-electron chi connectivity index (χ4n) is 2.97. The zero-order chi connectivity index (χ0) is 21.7. The van der Waals surface area contributed by atoms with Crippen LogP contribution in [0.3, 0.4) is 0 Å². The molecule has 0 radical (unpaired) electrons. The monoisotopic (exact) mass is 479 g/mol. The van der Waals surface area contributed by atoms with Crippen molar-refractivity contribution in [1.29, 1.82) is 0 Å². The molecule has 0 bridgehead atoms. The molecule has 0 atom stereocenters. The second kappa shape index (κ2) is 10.4. The largest absolute Gasteiger partial charge is 0.316 e. The lowest BCUT2D eigenvalue weighted by Crippen LogP contribution is -2.17. The number of nitrogens with one attached hydrogen (secondary N) is 1. The fourth-order valence-corrected chi connectivity index (χ4v) is 4.44. The van der Waals surface area contributed by atoms with E-state index < -0.39 is 0 Å². The van der Waals surface area contributed by atoms with E-state index in [0.29, 0.717) is 27.2 Å².